The zero-order valence-electron chi connectivity index (χ0n) is 10.5. The molecule has 1 aromatic heterocycles. The van der Waals surface area contributed by atoms with Gasteiger partial charge in [-0.3, -0.25) is 4.79 Å². The van der Waals surface area contributed by atoms with Crippen molar-refractivity contribution in [3.8, 4) is 0 Å². The molecular formula is C13H16N2O4. The van der Waals surface area contributed by atoms with Gasteiger partial charge in [-0.2, -0.15) is 4.73 Å². The zero-order chi connectivity index (χ0) is 13.7. The first-order valence-corrected chi connectivity index (χ1v) is 6.30. The van der Waals surface area contributed by atoms with Crippen molar-refractivity contribution < 1.29 is 19.1 Å². The minimum absolute atomic E-state index is 0.211. The van der Waals surface area contributed by atoms with Crippen molar-refractivity contribution in [2.45, 2.75) is 31.7 Å². The third kappa shape index (κ3) is 3.94. The number of hydrogen-bond donors (Lipinski definition) is 1. The van der Waals surface area contributed by atoms with Crippen LogP contribution in [-0.4, -0.2) is 24.5 Å². The summed E-state index contributed by atoms with van der Waals surface area (Å²) in [6.07, 6.45) is 6.64. The van der Waals surface area contributed by atoms with Gasteiger partial charge in [-0.15, -0.1) is 0 Å². The Kier molecular flexibility index (Phi) is 4.33. The number of amides is 1. The highest BCUT2D eigenvalue weighted by Gasteiger charge is 2.18. The highest BCUT2D eigenvalue weighted by Crippen LogP contribution is 2.17. The van der Waals surface area contributed by atoms with Crippen molar-refractivity contribution in [2.75, 3.05) is 6.61 Å². The van der Waals surface area contributed by atoms with Crippen LogP contribution in [0, 0.1) is 5.21 Å². The van der Waals surface area contributed by atoms with Crippen molar-refractivity contribution in [3.63, 3.8) is 0 Å². The molecule has 102 valence electrons. The largest absolute Gasteiger partial charge is 0.619 e. The lowest BCUT2D eigenvalue weighted by molar-refractivity contribution is -0.605. The number of nitrogens with zero attached hydrogens (tertiary/aromatic N) is 1. The molecule has 1 heterocycles. The number of nitrogens with one attached hydrogen (secondary N) is 1. The van der Waals surface area contributed by atoms with Gasteiger partial charge in [0.25, 0.3) is 5.91 Å². The fourth-order valence-electron chi connectivity index (χ4n) is 2.10. The topological polar surface area (TPSA) is 82.3 Å². The van der Waals surface area contributed by atoms with Crippen LogP contribution in [0.1, 0.15) is 36.0 Å². The van der Waals surface area contributed by atoms with Gasteiger partial charge in [0.2, 0.25) is 0 Å². The van der Waals surface area contributed by atoms with Crippen LogP contribution in [-0.2, 0) is 9.53 Å². The minimum atomic E-state index is -0.609. The maximum absolute atomic E-state index is 11.6. The summed E-state index contributed by atoms with van der Waals surface area (Å²) in [6, 6.07) is 2.91. The molecule has 0 spiro atoms. The second kappa shape index (κ2) is 6.17. The SMILES string of the molecule is O=C(COC(=O)c1cc[n+]([O-])cc1)NC1CCCC1. The number of pyridine rings is 1. The molecule has 6 heteroatoms. The van der Waals surface area contributed by atoms with Gasteiger partial charge >= 0.3 is 5.97 Å². The molecule has 0 atom stereocenters. The van der Waals surface area contributed by atoms with E-state index in [1.807, 2.05) is 0 Å². The van der Waals surface area contributed by atoms with Crippen LogP contribution in [0.15, 0.2) is 24.5 Å². The molecule has 1 saturated carbocycles. The average molecular weight is 264 g/mol. The Morgan fingerprint density at radius 1 is 1.32 bits per heavy atom. The number of esters is 1. The third-order valence-electron chi connectivity index (χ3n) is 3.09. The summed E-state index contributed by atoms with van der Waals surface area (Å²) in [7, 11) is 0. The van der Waals surface area contributed by atoms with Gasteiger partial charge in [-0.1, -0.05) is 12.8 Å². The van der Waals surface area contributed by atoms with E-state index in [2.05, 4.69) is 5.32 Å². The number of hydrogen-bond acceptors (Lipinski definition) is 4. The number of ether oxygens (including phenoxy) is 1. The van der Waals surface area contributed by atoms with Gasteiger partial charge in [0.05, 0.1) is 5.56 Å². The van der Waals surface area contributed by atoms with Crippen molar-refractivity contribution in [1.29, 1.82) is 0 Å². The number of carbonyl (C=O) groups is 2. The molecule has 1 aliphatic carbocycles. The fourth-order valence-corrected chi connectivity index (χ4v) is 2.10. The lowest BCUT2D eigenvalue weighted by Crippen LogP contribution is -2.36. The summed E-state index contributed by atoms with van der Waals surface area (Å²) >= 11 is 0. The second-order valence-corrected chi connectivity index (χ2v) is 4.57. The smallest absolute Gasteiger partial charge is 0.339 e. The first kappa shape index (κ1) is 13.3. The second-order valence-electron chi connectivity index (χ2n) is 4.57. The van der Waals surface area contributed by atoms with Gasteiger partial charge < -0.3 is 15.3 Å². The van der Waals surface area contributed by atoms with E-state index >= 15 is 0 Å². The van der Waals surface area contributed by atoms with E-state index in [0.29, 0.717) is 4.73 Å². The lowest BCUT2D eigenvalue weighted by Gasteiger charge is -2.11. The molecule has 1 aromatic rings. The molecule has 0 bridgehead atoms. The van der Waals surface area contributed by atoms with E-state index in [0.717, 1.165) is 25.7 Å². The van der Waals surface area contributed by atoms with Crippen LogP contribution in [0.3, 0.4) is 0 Å². The van der Waals surface area contributed by atoms with Crippen molar-refractivity contribution in [2.24, 2.45) is 0 Å². The third-order valence-corrected chi connectivity index (χ3v) is 3.09. The highest BCUT2D eigenvalue weighted by molar-refractivity contribution is 5.91. The Bertz CT molecular complexity index is 452. The van der Waals surface area contributed by atoms with Crippen molar-refractivity contribution in [1.82, 2.24) is 5.32 Å². The quantitative estimate of drug-likeness (QED) is 0.488. The van der Waals surface area contributed by atoms with Gasteiger partial charge in [-0.25, -0.2) is 4.79 Å². The van der Waals surface area contributed by atoms with Gasteiger partial charge in [0, 0.05) is 18.2 Å². The van der Waals surface area contributed by atoms with Crippen molar-refractivity contribution >= 4 is 11.9 Å². The normalized spacial score (nSPS) is 15.2. The van der Waals surface area contributed by atoms with E-state index < -0.39 is 5.97 Å². The van der Waals surface area contributed by atoms with Crippen LogP contribution >= 0.6 is 0 Å². The van der Waals surface area contributed by atoms with Crippen LogP contribution in [0.2, 0.25) is 0 Å². The monoisotopic (exact) mass is 264 g/mol. The zero-order valence-corrected chi connectivity index (χ0v) is 10.5. The standard InChI is InChI=1S/C13H16N2O4/c16-12(14-11-3-1-2-4-11)9-19-13(17)10-5-7-15(18)8-6-10/h5-8,11H,1-4,9H2,(H,14,16). The maximum atomic E-state index is 11.6. The molecule has 0 radical (unpaired) electrons. The van der Waals surface area contributed by atoms with Crippen LogP contribution in [0.25, 0.3) is 0 Å². The molecule has 1 fully saturated rings. The maximum Gasteiger partial charge on any atom is 0.339 e. The van der Waals surface area contributed by atoms with Gasteiger partial charge in [0.15, 0.2) is 19.0 Å². The van der Waals surface area contributed by atoms with E-state index in [-0.39, 0.29) is 24.1 Å². The van der Waals surface area contributed by atoms with Gasteiger partial charge in [-0.05, 0) is 12.8 Å². The van der Waals surface area contributed by atoms with E-state index in [9.17, 15) is 14.8 Å². The van der Waals surface area contributed by atoms with Crippen molar-refractivity contribution in [3.05, 3.63) is 35.3 Å². The highest BCUT2D eigenvalue weighted by atomic mass is 16.5. The Hall–Kier alpha value is -2.11. The molecule has 6 nitrogen and oxygen atoms in total. The van der Waals surface area contributed by atoms with Crippen LogP contribution in [0.4, 0.5) is 0 Å². The molecule has 2 rings (SSSR count). The summed E-state index contributed by atoms with van der Waals surface area (Å²) in [6.45, 7) is -0.290. The predicted molar refractivity (Wildman–Crippen MR) is 66.1 cm³/mol. The lowest BCUT2D eigenvalue weighted by atomic mass is 10.2. The molecule has 1 amide bonds. The molecule has 1 N–H and O–H groups in total. The molecular weight excluding hydrogens is 248 g/mol. The molecule has 0 saturated heterocycles. The first-order valence-electron chi connectivity index (χ1n) is 6.30. The Morgan fingerprint density at radius 2 is 1.95 bits per heavy atom. The number of carbonyl (C=O) groups excluding carboxylic acids is 2. The molecule has 1 aliphatic rings. The Labute approximate surface area is 111 Å². The fraction of sp³-hybridized carbons (Fsp3) is 0.462. The summed E-state index contributed by atoms with van der Waals surface area (Å²) in [5.74, 6) is -0.891. The Morgan fingerprint density at radius 3 is 2.58 bits per heavy atom. The molecule has 0 unspecified atom stereocenters. The number of aromatic nitrogens is 1. The van der Waals surface area contributed by atoms with E-state index in [1.165, 1.54) is 24.5 Å². The molecule has 0 aliphatic heterocycles. The summed E-state index contributed by atoms with van der Waals surface area (Å²) < 4.78 is 5.45. The minimum Gasteiger partial charge on any atom is -0.619 e. The first-order chi connectivity index (χ1) is 9.15. The summed E-state index contributed by atoms with van der Waals surface area (Å²) in [5.41, 5.74) is 0.251. The van der Waals surface area contributed by atoms with E-state index in [4.69, 9.17) is 4.74 Å². The molecule has 19 heavy (non-hydrogen) atoms. The number of rotatable bonds is 4. The molecule has 0 aromatic carbocycles. The summed E-state index contributed by atoms with van der Waals surface area (Å²) in [5, 5.41) is 13.6. The van der Waals surface area contributed by atoms with Crippen LogP contribution < -0.4 is 10.0 Å². The summed E-state index contributed by atoms with van der Waals surface area (Å²) in [4.78, 5) is 23.1. The average Bonchev–Trinajstić information content (AvgIpc) is 2.89. The van der Waals surface area contributed by atoms with Gasteiger partial charge in [0.1, 0.15) is 0 Å². The predicted octanol–water partition coefficient (Wildman–Crippen LogP) is 0.536. The van der Waals surface area contributed by atoms with E-state index in [1.54, 1.807) is 0 Å². The van der Waals surface area contributed by atoms with Crippen LogP contribution in [0.5, 0.6) is 0 Å². The Balaban J connectivity index is 1.76.